The van der Waals surface area contributed by atoms with Gasteiger partial charge in [0.05, 0.1) is 5.39 Å². The molecule has 106 valence electrons. The van der Waals surface area contributed by atoms with Crippen molar-refractivity contribution in [1.82, 2.24) is 19.5 Å². The van der Waals surface area contributed by atoms with E-state index in [0.717, 1.165) is 32.1 Å². The van der Waals surface area contributed by atoms with Gasteiger partial charge in [-0.15, -0.1) is 0 Å². The van der Waals surface area contributed by atoms with Crippen LogP contribution in [0, 0.1) is 0 Å². The fourth-order valence-electron chi connectivity index (χ4n) is 3.56. The molecule has 2 aromatic heterocycles. The molecule has 1 aliphatic carbocycles. The van der Waals surface area contributed by atoms with E-state index in [1.807, 2.05) is 0 Å². The lowest BCUT2D eigenvalue weighted by Gasteiger charge is -2.49. The van der Waals surface area contributed by atoms with Crippen molar-refractivity contribution in [3.8, 4) is 0 Å². The maximum absolute atomic E-state index is 12.9. The van der Waals surface area contributed by atoms with Crippen LogP contribution < -0.4 is 0 Å². The number of sulfonamides is 1. The summed E-state index contributed by atoms with van der Waals surface area (Å²) in [7, 11) is -3.50. The first kappa shape index (κ1) is 12.3. The Morgan fingerprint density at radius 2 is 2.05 bits per heavy atom. The third-order valence-electron chi connectivity index (χ3n) is 4.69. The molecule has 2 aliphatic rings. The van der Waals surface area contributed by atoms with Gasteiger partial charge < -0.3 is 0 Å². The van der Waals surface area contributed by atoms with Gasteiger partial charge in [-0.3, -0.25) is 5.10 Å². The zero-order chi connectivity index (χ0) is 13.8. The number of fused-ring (bicyclic) bond motifs is 1. The predicted octanol–water partition coefficient (Wildman–Crippen LogP) is 1.67. The normalized spacial score (nSPS) is 22.4. The van der Waals surface area contributed by atoms with Crippen molar-refractivity contribution in [2.75, 3.05) is 6.54 Å². The van der Waals surface area contributed by atoms with Gasteiger partial charge in [-0.1, -0.05) is 12.8 Å². The fourth-order valence-corrected chi connectivity index (χ4v) is 5.50. The average Bonchev–Trinajstić information content (AvgIpc) is 3.05. The zero-order valence-corrected chi connectivity index (χ0v) is 11.9. The van der Waals surface area contributed by atoms with E-state index < -0.39 is 10.0 Å². The molecule has 20 heavy (non-hydrogen) atoms. The van der Waals surface area contributed by atoms with Gasteiger partial charge in [-0.05, 0) is 31.4 Å². The van der Waals surface area contributed by atoms with Gasteiger partial charge in [0.2, 0.25) is 0 Å². The van der Waals surface area contributed by atoms with Crippen molar-refractivity contribution in [2.45, 2.75) is 42.7 Å². The Bertz CT molecular complexity index is 762. The maximum Gasteiger partial charge on any atom is 0.261 e. The topological polar surface area (TPSA) is 79.0 Å². The van der Waals surface area contributed by atoms with E-state index in [4.69, 9.17) is 0 Å². The fraction of sp³-hybridized carbons (Fsp3) is 0.538. The molecule has 0 aromatic carbocycles. The molecule has 0 radical (unpaired) electrons. The Balaban J connectivity index is 1.81. The first-order chi connectivity index (χ1) is 9.63. The average molecular weight is 292 g/mol. The SMILES string of the molecule is O=S(=O)(c1[nH]nc2ncccc12)N1CCC12CCCC2. The second kappa shape index (κ2) is 4.02. The molecule has 1 spiro atoms. The number of nitrogens with one attached hydrogen (secondary N) is 1. The largest absolute Gasteiger partial charge is 0.263 e. The Hall–Kier alpha value is -1.47. The lowest BCUT2D eigenvalue weighted by molar-refractivity contribution is 0.0780. The molecule has 1 saturated heterocycles. The van der Waals surface area contributed by atoms with Gasteiger partial charge >= 0.3 is 0 Å². The number of nitrogens with zero attached hydrogens (tertiary/aromatic N) is 3. The number of pyridine rings is 1. The first-order valence-electron chi connectivity index (χ1n) is 6.95. The van der Waals surface area contributed by atoms with Crippen LogP contribution in [0.25, 0.3) is 11.0 Å². The summed E-state index contributed by atoms with van der Waals surface area (Å²) >= 11 is 0. The van der Waals surface area contributed by atoms with Gasteiger partial charge in [0.25, 0.3) is 10.0 Å². The Kier molecular flexibility index (Phi) is 2.47. The van der Waals surface area contributed by atoms with Crippen molar-refractivity contribution in [3.05, 3.63) is 18.3 Å². The maximum atomic E-state index is 12.9. The van der Waals surface area contributed by atoms with E-state index in [1.54, 1.807) is 22.6 Å². The van der Waals surface area contributed by atoms with Crippen molar-refractivity contribution in [1.29, 1.82) is 0 Å². The van der Waals surface area contributed by atoms with Gasteiger partial charge in [0, 0.05) is 18.3 Å². The highest BCUT2D eigenvalue weighted by Crippen LogP contribution is 2.47. The van der Waals surface area contributed by atoms with Gasteiger partial charge in [-0.25, -0.2) is 13.4 Å². The molecule has 2 fully saturated rings. The molecule has 7 heteroatoms. The quantitative estimate of drug-likeness (QED) is 0.913. The van der Waals surface area contributed by atoms with Crippen LogP contribution in [0.4, 0.5) is 0 Å². The molecule has 4 rings (SSSR count). The summed E-state index contributed by atoms with van der Waals surface area (Å²) in [5.41, 5.74) is 0.324. The van der Waals surface area contributed by atoms with Crippen molar-refractivity contribution >= 4 is 21.1 Å². The molecular formula is C13H16N4O2S. The molecule has 3 heterocycles. The number of hydrogen-bond acceptors (Lipinski definition) is 4. The highest BCUT2D eigenvalue weighted by atomic mass is 32.2. The van der Waals surface area contributed by atoms with E-state index in [1.165, 1.54) is 0 Å². The summed E-state index contributed by atoms with van der Waals surface area (Å²) in [6.07, 6.45) is 6.81. The number of hydrogen-bond donors (Lipinski definition) is 1. The summed E-state index contributed by atoms with van der Waals surface area (Å²) < 4.78 is 27.4. The van der Waals surface area contributed by atoms with Crippen LogP contribution in [0.2, 0.25) is 0 Å². The second-order valence-electron chi connectivity index (χ2n) is 5.69. The van der Waals surface area contributed by atoms with Crippen LogP contribution in [0.15, 0.2) is 23.4 Å². The minimum Gasteiger partial charge on any atom is -0.263 e. The van der Waals surface area contributed by atoms with Crippen LogP contribution >= 0.6 is 0 Å². The lowest BCUT2D eigenvalue weighted by Crippen LogP contribution is -2.60. The van der Waals surface area contributed by atoms with Crippen LogP contribution in [0.3, 0.4) is 0 Å². The number of aromatic nitrogens is 3. The molecule has 1 saturated carbocycles. The third-order valence-corrected chi connectivity index (χ3v) is 6.66. The number of aromatic amines is 1. The Morgan fingerprint density at radius 3 is 2.75 bits per heavy atom. The number of H-pyrrole nitrogens is 1. The molecule has 0 bridgehead atoms. The molecular weight excluding hydrogens is 276 g/mol. The highest BCUT2D eigenvalue weighted by Gasteiger charge is 2.53. The molecule has 1 aliphatic heterocycles. The number of rotatable bonds is 2. The minimum atomic E-state index is -3.50. The van der Waals surface area contributed by atoms with Crippen molar-refractivity contribution in [2.24, 2.45) is 0 Å². The monoisotopic (exact) mass is 292 g/mol. The predicted molar refractivity (Wildman–Crippen MR) is 73.6 cm³/mol. The highest BCUT2D eigenvalue weighted by molar-refractivity contribution is 7.89. The molecule has 0 atom stereocenters. The van der Waals surface area contributed by atoms with Crippen LogP contribution in [-0.2, 0) is 10.0 Å². The molecule has 0 unspecified atom stereocenters. The van der Waals surface area contributed by atoms with Crippen LogP contribution in [-0.4, -0.2) is 40.0 Å². The molecule has 0 amide bonds. The van der Waals surface area contributed by atoms with Gasteiger partial charge in [-0.2, -0.15) is 9.40 Å². The van der Waals surface area contributed by atoms with Crippen LogP contribution in [0.1, 0.15) is 32.1 Å². The molecule has 1 N–H and O–H groups in total. The second-order valence-corrected chi connectivity index (χ2v) is 7.49. The Labute approximate surface area is 117 Å². The summed E-state index contributed by atoms with van der Waals surface area (Å²) in [5, 5.41) is 7.43. The van der Waals surface area contributed by atoms with E-state index in [9.17, 15) is 8.42 Å². The van der Waals surface area contributed by atoms with Gasteiger partial charge in [0.1, 0.15) is 0 Å². The summed E-state index contributed by atoms with van der Waals surface area (Å²) in [6, 6.07) is 3.48. The third kappa shape index (κ3) is 1.50. The molecule has 2 aromatic rings. The minimum absolute atomic E-state index is 0.127. The van der Waals surface area contributed by atoms with E-state index >= 15 is 0 Å². The standard InChI is InChI=1S/C13H16N4O2S/c18-20(19,17-9-7-13(17)5-1-2-6-13)12-10-4-3-8-14-11(10)15-16-12/h3-4,8H,1-2,5-7,9H2,(H,14,15,16). The van der Waals surface area contributed by atoms with E-state index in [0.29, 0.717) is 17.6 Å². The Morgan fingerprint density at radius 1 is 1.25 bits per heavy atom. The summed E-state index contributed by atoms with van der Waals surface area (Å²) in [5.74, 6) is 0. The zero-order valence-electron chi connectivity index (χ0n) is 11.0. The summed E-state index contributed by atoms with van der Waals surface area (Å²) in [6.45, 7) is 0.614. The summed E-state index contributed by atoms with van der Waals surface area (Å²) in [4.78, 5) is 4.08. The van der Waals surface area contributed by atoms with Crippen LogP contribution in [0.5, 0.6) is 0 Å². The van der Waals surface area contributed by atoms with E-state index in [2.05, 4.69) is 15.2 Å². The van der Waals surface area contributed by atoms with Crippen molar-refractivity contribution < 1.29 is 8.42 Å². The lowest BCUT2D eigenvalue weighted by atomic mass is 9.86. The molecule has 6 nitrogen and oxygen atoms in total. The smallest absolute Gasteiger partial charge is 0.261 e. The van der Waals surface area contributed by atoms with E-state index in [-0.39, 0.29) is 10.6 Å². The van der Waals surface area contributed by atoms with Gasteiger partial charge in [0.15, 0.2) is 10.7 Å². The van der Waals surface area contributed by atoms with Crippen molar-refractivity contribution in [3.63, 3.8) is 0 Å². The first-order valence-corrected chi connectivity index (χ1v) is 8.39.